The molecule has 0 bridgehead atoms. The molecule has 0 saturated carbocycles. The van der Waals surface area contributed by atoms with E-state index in [1.54, 1.807) is 13.1 Å². The molecule has 0 aromatic carbocycles. The van der Waals surface area contributed by atoms with E-state index < -0.39 is 5.97 Å². The lowest BCUT2D eigenvalue weighted by atomic mass is 10.0. The number of carbonyl (C=O) groups is 1. The van der Waals surface area contributed by atoms with Crippen LogP contribution in [0.25, 0.3) is 0 Å². The second-order valence-electron chi connectivity index (χ2n) is 4.07. The zero-order valence-electron chi connectivity index (χ0n) is 9.97. The molecule has 1 rings (SSSR count). The van der Waals surface area contributed by atoms with Gasteiger partial charge in [-0.15, -0.1) is 0 Å². The lowest BCUT2D eigenvalue weighted by Crippen LogP contribution is -2.37. The third-order valence-electron chi connectivity index (χ3n) is 2.91. The molecule has 0 saturated heterocycles. The molecule has 1 aromatic rings. The van der Waals surface area contributed by atoms with Crippen molar-refractivity contribution in [1.29, 1.82) is 0 Å². The highest BCUT2D eigenvalue weighted by Gasteiger charge is 2.18. The Labute approximate surface area is 95.5 Å². The van der Waals surface area contributed by atoms with Crippen LogP contribution in [0.2, 0.25) is 0 Å². The van der Waals surface area contributed by atoms with Gasteiger partial charge in [-0.3, -0.25) is 9.48 Å². The van der Waals surface area contributed by atoms with Crippen LogP contribution in [-0.4, -0.2) is 33.4 Å². The lowest BCUT2D eigenvalue weighted by molar-refractivity contribution is -0.141. The zero-order chi connectivity index (χ0) is 12.1. The van der Waals surface area contributed by atoms with Crippen molar-refractivity contribution in [3.63, 3.8) is 0 Å². The first-order chi connectivity index (χ1) is 7.52. The van der Waals surface area contributed by atoms with Gasteiger partial charge in [0.15, 0.2) is 0 Å². The number of carboxylic acid groups (broad SMARTS) is 1. The average molecular weight is 225 g/mol. The zero-order valence-corrected chi connectivity index (χ0v) is 9.97. The molecule has 2 N–H and O–H groups in total. The van der Waals surface area contributed by atoms with E-state index in [-0.39, 0.29) is 12.0 Å². The van der Waals surface area contributed by atoms with Crippen molar-refractivity contribution in [3.05, 3.63) is 18.0 Å². The van der Waals surface area contributed by atoms with E-state index in [0.717, 1.165) is 18.7 Å². The van der Waals surface area contributed by atoms with Crippen LogP contribution in [0, 0.1) is 5.92 Å². The highest BCUT2D eigenvalue weighted by molar-refractivity contribution is 5.70. The molecule has 2 unspecified atom stereocenters. The Morgan fingerprint density at radius 1 is 1.62 bits per heavy atom. The van der Waals surface area contributed by atoms with E-state index in [1.807, 2.05) is 24.7 Å². The largest absolute Gasteiger partial charge is 0.481 e. The van der Waals surface area contributed by atoms with Crippen molar-refractivity contribution >= 4 is 5.97 Å². The summed E-state index contributed by atoms with van der Waals surface area (Å²) in [6.07, 6.45) is 2.62. The molecule has 0 spiro atoms. The van der Waals surface area contributed by atoms with E-state index in [2.05, 4.69) is 10.4 Å². The van der Waals surface area contributed by atoms with Gasteiger partial charge in [0.2, 0.25) is 0 Å². The molecule has 2 atom stereocenters. The number of aliphatic carboxylic acids is 1. The van der Waals surface area contributed by atoms with Gasteiger partial charge in [0.25, 0.3) is 0 Å². The third kappa shape index (κ3) is 3.34. The summed E-state index contributed by atoms with van der Waals surface area (Å²) in [4.78, 5) is 10.7. The van der Waals surface area contributed by atoms with Gasteiger partial charge in [0.1, 0.15) is 0 Å². The van der Waals surface area contributed by atoms with E-state index in [0.29, 0.717) is 0 Å². The van der Waals surface area contributed by atoms with Crippen LogP contribution in [0.1, 0.15) is 19.5 Å². The quantitative estimate of drug-likeness (QED) is 0.746. The fourth-order valence-corrected chi connectivity index (χ4v) is 1.47. The fraction of sp³-hybridized carbons (Fsp3) is 0.636. The normalized spacial score (nSPS) is 14.7. The Hall–Kier alpha value is -1.36. The molecule has 1 aromatic heterocycles. The van der Waals surface area contributed by atoms with Gasteiger partial charge in [0, 0.05) is 37.9 Å². The van der Waals surface area contributed by atoms with Crippen molar-refractivity contribution in [2.45, 2.75) is 26.3 Å². The molecule has 90 valence electrons. The van der Waals surface area contributed by atoms with Crippen LogP contribution in [0.3, 0.4) is 0 Å². The van der Waals surface area contributed by atoms with Crippen LogP contribution < -0.4 is 5.32 Å². The Bertz CT molecular complexity index is 349. The van der Waals surface area contributed by atoms with Gasteiger partial charge in [-0.05, 0) is 13.0 Å². The second kappa shape index (κ2) is 5.65. The maximum atomic E-state index is 10.7. The maximum Gasteiger partial charge on any atom is 0.307 e. The molecule has 0 fully saturated rings. The minimum atomic E-state index is -0.763. The fourth-order valence-electron chi connectivity index (χ4n) is 1.47. The number of nitrogens with zero attached hydrogens (tertiary/aromatic N) is 2. The summed E-state index contributed by atoms with van der Waals surface area (Å²) in [5, 5.41) is 16.1. The number of hydrogen-bond acceptors (Lipinski definition) is 3. The molecular formula is C11H19N3O2. The minimum absolute atomic E-state index is 0.0225. The molecule has 16 heavy (non-hydrogen) atoms. The van der Waals surface area contributed by atoms with Crippen LogP contribution in [0.15, 0.2) is 12.3 Å². The summed E-state index contributed by atoms with van der Waals surface area (Å²) in [5.74, 6) is -1.13. The van der Waals surface area contributed by atoms with Gasteiger partial charge in [-0.25, -0.2) is 0 Å². The Balaban J connectivity index is 2.31. The van der Waals surface area contributed by atoms with Gasteiger partial charge in [-0.1, -0.05) is 6.92 Å². The van der Waals surface area contributed by atoms with E-state index in [9.17, 15) is 4.79 Å². The summed E-state index contributed by atoms with van der Waals surface area (Å²) in [7, 11) is 1.90. The number of aryl methyl sites for hydroxylation is 1. The summed E-state index contributed by atoms with van der Waals surface area (Å²) in [6.45, 7) is 4.37. The van der Waals surface area contributed by atoms with Crippen molar-refractivity contribution in [1.82, 2.24) is 15.1 Å². The van der Waals surface area contributed by atoms with Gasteiger partial charge in [0.05, 0.1) is 5.92 Å². The minimum Gasteiger partial charge on any atom is -0.481 e. The average Bonchev–Trinajstić information content (AvgIpc) is 2.63. The van der Waals surface area contributed by atoms with Crippen molar-refractivity contribution in [3.8, 4) is 0 Å². The molecule has 1 heterocycles. The molecule has 5 nitrogen and oxygen atoms in total. The van der Waals surface area contributed by atoms with Crippen LogP contribution in [0.4, 0.5) is 0 Å². The second-order valence-corrected chi connectivity index (χ2v) is 4.07. The SMILES string of the molecule is CC(NCCc1ccnn1C)C(C)C(=O)O. The van der Waals surface area contributed by atoms with Crippen LogP contribution in [-0.2, 0) is 18.3 Å². The number of nitrogens with one attached hydrogen (secondary N) is 1. The summed E-state index contributed by atoms with van der Waals surface area (Å²) in [5.41, 5.74) is 1.14. The number of hydrogen-bond donors (Lipinski definition) is 2. The molecule has 0 aliphatic heterocycles. The Morgan fingerprint density at radius 2 is 2.31 bits per heavy atom. The van der Waals surface area contributed by atoms with Gasteiger partial charge >= 0.3 is 5.97 Å². The predicted octanol–water partition coefficient (Wildman–Crippen LogP) is 0.661. The summed E-state index contributed by atoms with van der Waals surface area (Å²) < 4.78 is 1.83. The standard InChI is InChI=1S/C11H19N3O2/c1-8(11(15)16)9(2)12-6-4-10-5-7-13-14(10)3/h5,7-9,12H,4,6H2,1-3H3,(H,15,16). The molecule has 0 aliphatic carbocycles. The lowest BCUT2D eigenvalue weighted by Gasteiger charge is -2.17. The van der Waals surface area contributed by atoms with Gasteiger partial charge < -0.3 is 10.4 Å². The first-order valence-electron chi connectivity index (χ1n) is 5.45. The first-order valence-corrected chi connectivity index (χ1v) is 5.45. The summed E-state index contributed by atoms with van der Waals surface area (Å²) in [6, 6.07) is 1.94. The van der Waals surface area contributed by atoms with Gasteiger partial charge in [-0.2, -0.15) is 5.10 Å². The van der Waals surface area contributed by atoms with Crippen molar-refractivity contribution in [2.24, 2.45) is 13.0 Å². The smallest absolute Gasteiger partial charge is 0.307 e. The van der Waals surface area contributed by atoms with Crippen LogP contribution >= 0.6 is 0 Å². The van der Waals surface area contributed by atoms with Crippen molar-refractivity contribution in [2.75, 3.05) is 6.54 Å². The number of aromatic nitrogens is 2. The maximum absolute atomic E-state index is 10.7. The summed E-state index contributed by atoms with van der Waals surface area (Å²) >= 11 is 0. The molecule has 0 aliphatic rings. The van der Waals surface area contributed by atoms with E-state index >= 15 is 0 Å². The van der Waals surface area contributed by atoms with E-state index in [1.165, 1.54) is 0 Å². The highest BCUT2D eigenvalue weighted by Crippen LogP contribution is 2.03. The van der Waals surface area contributed by atoms with E-state index in [4.69, 9.17) is 5.11 Å². The topological polar surface area (TPSA) is 67.2 Å². The highest BCUT2D eigenvalue weighted by atomic mass is 16.4. The number of carboxylic acids is 1. The van der Waals surface area contributed by atoms with Crippen LogP contribution in [0.5, 0.6) is 0 Å². The molecular weight excluding hydrogens is 206 g/mol. The molecule has 0 radical (unpaired) electrons. The third-order valence-corrected chi connectivity index (χ3v) is 2.91. The number of rotatable bonds is 6. The molecule has 0 amide bonds. The first kappa shape index (κ1) is 12.7. The Morgan fingerprint density at radius 3 is 2.81 bits per heavy atom. The van der Waals surface area contributed by atoms with Crippen molar-refractivity contribution < 1.29 is 9.90 Å². The predicted molar refractivity (Wildman–Crippen MR) is 61.2 cm³/mol. The molecule has 5 heteroatoms. The Kier molecular flexibility index (Phi) is 4.49. The monoisotopic (exact) mass is 225 g/mol.